The summed E-state index contributed by atoms with van der Waals surface area (Å²) in [6.45, 7) is 8.88. The van der Waals surface area contributed by atoms with E-state index in [1.54, 1.807) is 27.9 Å². The molecule has 1 aromatic carbocycles. The normalized spacial score (nSPS) is 11.3. The van der Waals surface area contributed by atoms with Crippen LogP contribution in [0.2, 0.25) is 0 Å². The monoisotopic (exact) mass is 384 g/mol. The van der Waals surface area contributed by atoms with Gasteiger partial charge in [0.15, 0.2) is 6.61 Å². The summed E-state index contributed by atoms with van der Waals surface area (Å²) in [6, 6.07) is 0. The summed E-state index contributed by atoms with van der Waals surface area (Å²) in [5.74, 6) is -0.969. The standard InChI is InChI=1S/C18H28N2O5S/c1-11-12(2)14(4)18(15(5)13(11)3)26(23,24)19-9-8-17(22)25-10-16(21)20(6)7/h19H,8-10H2,1-7H3. The smallest absolute Gasteiger partial charge is 0.307 e. The lowest BCUT2D eigenvalue weighted by molar-refractivity contribution is -0.150. The van der Waals surface area contributed by atoms with Crippen molar-refractivity contribution in [1.29, 1.82) is 0 Å². The molecule has 0 aliphatic carbocycles. The van der Waals surface area contributed by atoms with Gasteiger partial charge in [-0.2, -0.15) is 0 Å². The summed E-state index contributed by atoms with van der Waals surface area (Å²) in [6.07, 6.45) is -0.151. The molecule has 0 unspecified atom stereocenters. The maximum absolute atomic E-state index is 12.7. The minimum Gasteiger partial charge on any atom is -0.456 e. The van der Waals surface area contributed by atoms with Crippen molar-refractivity contribution in [1.82, 2.24) is 9.62 Å². The highest BCUT2D eigenvalue weighted by Gasteiger charge is 2.23. The highest BCUT2D eigenvalue weighted by Crippen LogP contribution is 2.29. The largest absolute Gasteiger partial charge is 0.456 e. The van der Waals surface area contributed by atoms with E-state index in [0.717, 1.165) is 16.7 Å². The van der Waals surface area contributed by atoms with E-state index in [0.29, 0.717) is 11.1 Å². The lowest BCUT2D eigenvalue weighted by Crippen LogP contribution is -2.30. The van der Waals surface area contributed by atoms with E-state index in [-0.39, 0.29) is 30.4 Å². The molecule has 0 saturated heterocycles. The van der Waals surface area contributed by atoms with Gasteiger partial charge in [0, 0.05) is 20.6 Å². The number of nitrogens with zero attached hydrogens (tertiary/aromatic N) is 1. The summed E-state index contributed by atoms with van der Waals surface area (Å²) in [7, 11) is -0.645. The maximum Gasteiger partial charge on any atom is 0.307 e. The Labute approximate surface area is 155 Å². The van der Waals surface area contributed by atoms with E-state index in [1.807, 2.05) is 20.8 Å². The van der Waals surface area contributed by atoms with Crippen LogP contribution in [-0.4, -0.2) is 52.4 Å². The molecule has 0 aliphatic rings. The first-order valence-corrected chi connectivity index (χ1v) is 9.80. The fraction of sp³-hybridized carbons (Fsp3) is 0.556. The zero-order chi connectivity index (χ0) is 20.2. The van der Waals surface area contributed by atoms with Gasteiger partial charge in [-0.3, -0.25) is 9.59 Å². The molecule has 8 heteroatoms. The Morgan fingerprint density at radius 2 is 1.38 bits per heavy atom. The quantitative estimate of drug-likeness (QED) is 0.720. The molecule has 1 amide bonds. The van der Waals surface area contributed by atoms with Crippen molar-refractivity contribution in [3.8, 4) is 0 Å². The Kier molecular flexibility index (Phi) is 7.35. The highest BCUT2D eigenvalue weighted by atomic mass is 32.2. The zero-order valence-corrected chi connectivity index (χ0v) is 17.3. The predicted molar refractivity (Wildman–Crippen MR) is 99.6 cm³/mol. The van der Waals surface area contributed by atoms with Gasteiger partial charge < -0.3 is 9.64 Å². The van der Waals surface area contributed by atoms with Crippen LogP contribution in [0, 0.1) is 34.6 Å². The van der Waals surface area contributed by atoms with Gasteiger partial charge in [0.25, 0.3) is 5.91 Å². The number of carbonyl (C=O) groups is 2. The fourth-order valence-corrected chi connectivity index (χ4v) is 4.20. The van der Waals surface area contributed by atoms with E-state index in [4.69, 9.17) is 4.74 Å². The average Bonchev–Trinajstić information content (AvgIpc) is 2.55. The number of esters is 1. The lowest BCUT2D eigenvalue weighted by atomic mass is 9.95. The van der Waals surface area contributed by atoms with E-state index >= 15 is 0 Å². The van der Waals surface area contributed by atoms with Gasteiger partial charge in [-0.25, -0.2) is 13.1 Å². The molecule has 26 heavy (non-hydrogen) atoms. The number of rotatable bonds is 7. The molecule has 1 rings (SSSR count). The Bertz CT molecular complexity index is 784. The second-order valence-electron chi connectivity index (χ2n) is 6.55. The molecule has 0 spiro atoms. The van der Waals surface area contributed by atoms with Crippen LogP contribution < -0.4 is 4.72 Å². The van der Waals surface area contributed by atoms with Crippen molar-refractivity contribution in [2.45, 2.75) is 45.9 Å². The topological polar surface area (TPSA) is 92.8 Å². The van der Waals surface area contributed by atoms with Gasteiger partial charge in [-0.1, -0.05) is 0 Å². The van der Waals surface area contributed by atoms with Crippen molar-refractivity contribution in [2.24, 2.45) is 0 Å². The molecular weight excluding hydrogens is 356 g/mol. The van der Waals surface area contributed by atoms with Crippen LogP contribution >= 0.6 is 0 Å². The molecule has 7 nitrogen and oxygen atoms in total. The SMILES string of the molecule is Cc1c(C)c(C)c(S(=O)(=O)NCCC(=O)OCC(=O)N(C)C)c(C)c1C. The molecule has 1 aromatic rings. The van der Waals surface area contributed by atoms with Crippen LogP contribution in [0.5, 0.6) is 0 Å². The third kappa shape index (κ3) is 5.04. The maximum atomic E-state index is 12.7. The van der Waals surface area contributed by atoms with E-state index in [9.17, 15) is 18.0 Å². The summed E-state index contributed by atoms with van der Waals surface area (Å²) < 4.78 is 32.7. The number of ether oxygens (including phenoxy) is 1. The molecule has 0 heterocycles. The van der Waals surface area contributed by atoms with Gasteiger partial charge in [0.1, 0.15) is 0 Å². The number of amides is 1. The first kappa shape index (κ1) is 22.1. The summed E-state index contributed by atoms with van der Waals surface area (Å²) in [5, 5.41) is 0. The zero-order valence-electron chi connectivity index (χ0n) is 16.5. The van der Waals surface area contributed by atoms with Gasteiger partial charge in [0.2, 0.25) is 10.0 Å². The van der Waals surface area contributed by atoms with Crippen molar-refractivity contribution in [2.75, 3.05) is 27.2 Å². The fourth-order valence-electron chi connectivity index (χ4n) is 2.57. The third-order valence-corrected chi connectivity index (χ3v) is 6.41. The first-order chi connectivity index (χ1) is 11.9. The van der Waals surface area contributed by atoms with Crippen LogP contribution in [0.4, 0.5) is 0 Å². The first-order valence-electron chi connectivity index (χ1n) is 8.32. The number of likely N-dealkylation sites (N-methyl/N-ethyl adjacent to an activating group) is 1. The van der Waals surface area contributed by atoms with Crippen LogP contribution in [0.3, 0.4) is 0 Å². The minimum atomic E-state index is -3.76. The van der Waals surface area contributed by atoms with Gasteiger partial charge in [0.05, 0.1) is 11.3 Å². The van der Waals surface area contributed by atoms with Gasteiger partial charge >= 0.3 is 5.97 Å². The van der Waals surface area contributed by atoms with Crippen LogP contribution in [0.1, 0.15) is 34.2 Å². The number of benzene rings is 1. The Morgan fingerprint density at radius 3 is 1.85 bits per heavy atom. The molecule has 0 fully saturated rings. The molecule has 1 N–H and O–H groups in total. The number of nitrogens with one attached hydrogen (secondary N) is 1. The van der Waals surface area contributed by atoms with Crippen molar-refractivity contribution in [3.05, 3.63) is 27.8 Å². The van der Waals surface area contributed by atoms with Crippen LogP contribution in [0.25, 0.3) is 0 Å². The van der Waals surface area contributed by atoms with E-state index < -0.39 is 16.0 Å². The highest BCUT2D eigenvalue weighted by molar-refractivity contribution is 7.89. The lowest BCUT2D eigenvalue weighted by Gasteiger charge is -2.19. The molecular formula is C18H28N2O5S. The molecule has 0 saturated carbocycles. The number of hydrogen-bond donors (Lipinski definition) is 1. The number of sulfonamides is 1. The molecule has 0 aromatic heterocycles. The molecule has 0 bridgehead atoms. The van der Waals surface area contributed by atoms with Crippen LogP contribution in [0.15, 0.2) is 4.90 Å². The second-order valence-corrected chi connectivity index (χ2v) is 8.25. The summed E-state index contributed by atoms with van der Waals surface area (Å²) in [4.78, 5) is 24.6. The molecule has 0 aliphatic heterocycles. The van der Waals surface area contributed by atoms with E-state index in [2.05, 4.69) is 4.72 Å². The second kappa shape index (κ2) is 8.64. The summed E-state index contributed by atoms with van der Waals surface area (Å²) in [5.41, 5.74) is 4.37. The minimum absolute atomic E-state index is 0.0951. The molecule has 0 radical (unpaired) electrons. The Balaban J connectivity index is 2.80. The Morgan fingerprint density at radius 1 is 0.923 bits per heavy atom. The number of carbonyl (C=O) groups excluding carboxylic acids is 2. The van der Waals surface area contributed by atoms with Crippen molar-refractivity contribution < 1.29 is 22.7 Å². The third-order valence-electron chi connectivity index (χ3n) is 4.68. The molecule has 0 atom stereocenters. The van der Waals surface area contributed by atoms with Crippen LogP contribution in [-0.2, 0) is 24.3 Å². The van der Waals surface area contributed by atoms with Gasteiger partial charge in [-0.05, 0) is 62.4 Å². The van der Waals surface area contributed by atoms with E-state index in [1.165, 1.54) is 4.90 Å². The van der Waals surface area contributed by atoms with Crippen molar-refractivity contribution >= 4 is 21.9 Å². The Hall–Kier alpha value is -1.93. The predicted octanol–water partition coefficient (Wildman–Crippen LogP) is 1.53. The number of hydrogen-bond acceptors (Lipinski definition) is 5. The average molecular weight is 384 g/mol. The van der Waals surface area contributed by atoms with Gasteiger partial charge in [-0.15, -0.1) is 0 Å². The summed E-state index contributed by atoms with van der Waals surface area (Å²) >= 11 is 0. The molecule has 146 valence electrons. The van der Waals surface area contributed by atoms with Crippen molar-refractivity contribution in [3.63, 3.8) is 0 Å².